The maximum atomic E-state index is 12.6. The summed E-state index contributed by atoms with van der Waals surface area (Å²) in [6.07, 6.45) is 7.36. The first-order chi connectivity index (χ1) is 17.9. The number of carbonyl (C=O) groups excluding carboxylic acids is 3. The van der Waals surface area contributed by atoms with Crippen LogP contribution in [0, 0.1) is 18.8 Å². The number of ether oxygens (including phenoxy) is 1. The van der Waals surface area contributed by atoms with Crippen molar-refractivity contribution in [3.63, 3.8) is 0 Å². The topological polar surface area (TPSA) is 98.5 Å². The number of nitrogens with one attached hydrogen (secondary N) is 1. The molecule has 7 nitrogen and oxygen atoms in total. The van der Waals surface area contributed by atoms with Gasteiger partial charge < -0.3 is 9.26 Å². The minimum Gasteiger partial charge on any atom is -0.441 e. The minimum absolute atomic E-state index is 0.250. The average Bonchev–Trinajstić information content (AvgIpc) is 3.69. The fraction of sp³-hybridized carbons (Fsp3) is 0.414. The van der Waals surface area contributed by atoms with Gasteiger partial charge in [0.1, 0.15) is 17.5 Å². The van der Waals surface area contributed by atoms with Crippen molar-refractivity contribution < 1.29 is 23.6 Å². The predicted molar refractivity (Wildman–Crippen MR) is 139 cm³/mol. The molecule has 2 aliphatic rings. The maximum absolute atomic E-state index is 12.6. The van der Waals surface area contributed by atoms with Crippen molar-refractivity contribution in [2.75, 3.05) is 5.32 Å². The molecule has 0 bridgehead atoms. The molecule has 8 heteroatoms. The Bertz CT molecular complexity index is 1240. The average molecular weight is 523 g/mol. The highest BCUT2D eigenvalue weighted by atomic mass is 35.5. The first kappa shape index (κ1) is 26.6. The first-order valence-electron chi connectivity index (χ1n) is 12.7. The van der Waals surface area contributed by atoms with Gasteiger partial charge in [0.2, 0.25) is 0 Å². The van der Waals surface area contributed by atoms with E-state index in [1.807, 2.05) is 18.2 Å². The Hall–Kier alpha value is -3.41. The molecule has 3 aromatic rings. The SMILES string of the molecule is Cc1noc(-c2ccc(C3CCC(C4CC4)CC3)cc2)c1NC(=O)OC(C)c1ccccc1Cl.O=C=O. The Morgan fingerprint density at radius 1 is 1.03 bits per heavy atom. The van der Waals surface area contributed by atoms with E-state index in [-0.39, 0.29) is 6.15 Å². The third kappa shape index (κ3) is 6.68. The zero-order valence-corrected chi connectivity index (χ0v) is 21.8. The summed E-state index contributed by atoms with van der Waals surface area (Å²) in [6, 6.07) is 15.8. The number of hydrogen-bond donors (Lipinski definition) is 1. The second-order valence-corrected chi connectivity index (χ2v) is 10.2. The molecule has 2 fully saturated rings. The normalized spacial score (nSPS) is 19.6. The van der Waals surface area contributed by atoms with E-state index in [1.54, 1.807) is 19.9 Å². The largest absolute Gasteiger partial charge is 0.441 e. The number of anilines is 1. The van der Waals surface area contributed by atoms with Crippen molar-refractivity contribution in [2.45, 2.75) is 64.4 Å². The van der Waals surface area contributed by atoms with Crippen LogP contribution in [0.3, 0.4) is 0 Å². The summed E-state index contributed by atoms with van der Waals surface area (Å²) in [6.45, 7) is 3.59. The van der Waals surface area contributed by atoms with E-state index in [9.17, 15) is 4.79 Å². The van der Waals surface area contributed by atoms with Crippen molar-refractivity contribution in [3.8, 4) is 11.3 Å². The van der Waals surface area contributed by atoms with Gasteiger partial charge in [0.15, 0.2) is 5.76 Å². The molecule has 2 aromatic carbocycles. The van der Waals surface area contributed by atoms with E-state index in [4.69, 9.17) is 30.4 Å². The summed E-state index contributed by atoms with van der Waals surface area (Å²) in [4.78, 5) is 28.9. The fourth-order valence-electron chi connectivity index (χ4n) is 5.27. The highest BCUT2D eigenvalue weighted by molar-refractivity contribution is 6.31. The van der Waals surface area contributed by atoms with Gasteiger partial charge in [-0.2, -0.15) is 9.59 Å². The molecule has 1 atom stereocenters. The van der Waals surface area contributed by atoms with E-state index >= 15 is 0 Å². The van der Waals surface area contributed by atoms with Gasteiger partial charge in [0, 0.05) is 16.1 Å². The lowest BCUT2D eigenvalue weighted by Gasteiger charge is -2.28. The molecule has 2 saturated carbocycles. The van der Waals surface area contributed by atoms with Gasteiger partial charge in [0.05, 0.1) is 0 Å². The molecular weight excluding hydrogens is 492 g/mol. The second kappa shape index (κ2) is 12.2. The van der Waals surface area contributed by atoms with Gasteiger partial charge in [0.25, 0.3) is 0 Å². The summed E-state index contributed by atoms with van der Waals surface area (Å²) in [7, 11) is 0. The molecule has 2 aliphatic carbocycles. The lowest BCUT2D eigenvalue weighted by Crippen LogP contribution is -2.17. The number of aryl methyl sites for hydroxylation is 1. The number of carbonyl (C=O) groups is 1. The summed E-state index contributed by atoms with van der Waals surface area (Å²) in [5, 5.41) is 7.45. The number of rotatable bonds is 6. The van der Waals surface area contributed by atoms with Gasteiger partial charge in [-0.1, -0.05) is 59.2 Å². The van der Waals surface area contributed by atoms with Crippen LogP contribution >= 0.6 is 11.6 Å². The molecule has 0 radical (unpaired) electrons. The molecule has 1 heterocycles. The summed E-state index contributed by atoms with van der Waals surface area (Å²) < 4.78 is 11.1. The lowest BCUT2D eigenvalue weighted by molar-refractivity contribution is -0.191. The highest BCUT2D eigenvalue weighted by Crippen LogP contribution is 2.47. The van der Waals surface area contributed by atoms with Crippen LogP contribution < -0.4 is 5.32 Å². The van der Waals surface area contributed by atoms with Crippen LogP contribution in [0.4, 0.5) is 10.5 Å². The zero-order valence-electron chi connectivity index (χ0n) is 21.0. The molecule has 1 amide bonds. The Balaban J connectivity index is 0.00000102. The Morgan fingerprint density at radius 3 is 2.22 bits per heavy atom. The van der Waals surface area contributed by atoms with Crippen LogP contribution in [0.15, 0.2) is 53.1 Å². The van der Waals surface area contributed by atoms with E-state index in [1.165, 1.54) is 44.1 Å². The monoisotopic (exact) mass is 522 g/mol. The third-order valence-electron chi connectivity index (χ3n) is 7.42. The molecular formula is C29H31ClN2O5. The smallest absolute Gasteiger partial charge is 0.412 e. The van der Waals surface area contributed by atoms with Crippen LogP contribution in [0.25, 0.3) is 11.3 Å². The summed E-state index contributed by atoms with van der Waals surface area (Å²) in [5.74, 6) is 3.15. The van der Waals surface area contributed by atoms with Crippen LogP contribution in [-0.4, -0.2) is 17.4 Å². The first-order valence-corrected chi connectivity index (χ1v) is 13.1. The van der Waals surface area contributed by atoms with Gasteiger partial charge in [-0.15, -0.1) is 0 Å². The van der Waals surface area contributed by atoms with Gasteiger partial charge >= 0.3 is 12.2 Å². The van der Waals surface area contributed by atoms with Gasteiger partial charge in [-0.05, 0) is 81.8 Å². The number of hydrogen-bond acceptors (Lipinski definition) is 6. The lowest BCUT2D eigenvalue weighted by atomic mass is 9.77. The molecule has 37 heavy (non-hydrogen) atoms. The number of nitrogens with zero attached hydrogens (tertiary/aromatic N) is 1. The van der Waals surface area contributed by atoms with Crippen molar-refractivity contribution >= 4 is 29.5 Å². The molecule has 1 aromatic heterocycles. The minimum atomic E-state index is -0.580. The molecule has 194 valence electrons. The Morgan fingerprint density at radius 2 is 1.62 bits per heavy atom. The van der Waals surface area contributed by atoms with E-state index < -0.39 is 12.2 Å². The third-order valence-corrected chi connectivity index (χ3v) is 7.77. The molecule has 5 rings (SSSR count). The van der Waals surface area contributed by atoms with Crippen molar-refractivity contribution in [1.82, 2.24) is 5.16 Å². The highest BCUT2D eigenvalue weighted by Gasteiger charge is 2.34. The second-order valence-electron chi connectivity index (χ2n) is 9.82. The van der Waals surface area contributed by atoms with Crippen molar-refractivity contribution in [2.24, 2.45) is 11.8 Å². The predicted octanol–water partition coefficient (Wildman–Crippen LogP) is 7.71. The number of benzene rings is 2. The van der Waals surface area contributed by atoms with Gasteiger partial charge in [-0.25, -0.2) is 4.79 Å². The van der Waals surface area contributed by atoms with E-state index in [2.05, 4.69) is 34.7 Å². The van der Waals surface area contributed by atoms with Crippen LogP contribution in [0.1, 0.15) is 74.3 Å². The number of amides is 1. The summed E-state index contributed by atoms with van der Waals surface area (Å²) in [5.41, 5.74) is 4.14. The van der Waals surface area contributed by atoms with Crippen LogP contribution in [0.2, 0.25) is 5.02 Å². The fourth-order valence-corrected chi connectivity index (χ4v) is 5.56. The zero-order chi connectivity index (χ0) is 26.4. The molecule has 0 spiro atoms. The van der Waals surface area contributed by atoms with Crippen LogP contribution in [0.5, 0.6) is 0 Å². The number of halogens is 1. The standard InChI is InChI=1S/C28H31ClN2O3.CO2/c1-17-26(30-28(32)33-18(2)24-5-3-4-6-25(24)29)27(34-31-17)23-15-13-22(14-16-23)21-11-9-20(10-12-21)19-7-8-19;2-1-3/h3-6,13-16,18-21H,7-12H2,1-2H3,(H,30,32);. The molecule has 0 saturated heterocycles. The van der Waals surface area contributed by atoms with Crippen LogP contribution in [-0.2, 0) is 14.3 Å². The Kier molecular flexibility index (Phi) is 8.80. The molecule has 1 N–H and O–H groups in total. The van der Waals surface area contributed by atoms with E-state index in [0.29, 0.717) is 28.1 Å². The Labute approximate surface area is 221 Å². The van der Waals surface area contributed by atoms with Gasteiger partial charge in [-0.3, -0.25) is 5.32 Å². The summed E-state index contributed by atoms with van der Waals surface area (Å²) >= 11 is 6.23. The quantitative estimate of drug-likeness (QED) is 0.356. The maximum Gasteiger partial charge on any atom is 0.412 e. The molecule has 1 unspecified atom stereocenters. The van der Waals surface area contributed by atoms with Crippen molar-refractivity contribution in [1.29, 1.82) is 0 Å². The van der Waals surface area contributed by atoms with E-state index in [0.717, 1.165) is 23.0 Å². The van der Waals surface area contributed by atoms with Crippen molar-refractivity contribution in [3.05, 3.63) is 70.4 Å². The number of aromatic nitrogens is 1. The molecule has 0 aliphatic heterocycles.